The number of nitrogens with one attached hydrogen (secondary N) is 1. The Kier molecular flexibility index (Phi) is 6.45. The van der Waals surface area contributed by atoms with Gasteiger partial charge >= 0.3 is 0 Å². The van der Waals surface area contributed by atoms with Crippen LogP contribution in [0.25, 0.3) is 6.08 Å². The van der Waals surface area contributed by atoms with Gasteiger partial charge in [-0.25, -0.2) is 4.98 Å². The van der Waals surface area contributed by atoms with Crippen molar-refractivity contribution in [2.45, 2.75) is 45.6 Å². The van der Waals surface area contributed by atoms with E-state index in [-0.39, 0.29) is 23.8 Å². The third-order valence-corrected chi connectivity index (χ3v) is 5.91. The second kappa shape index (κ2) is 9.44. The minimum absolute atomic E-state index is 0.0840. The molecule has 1 unspecified atom stereocenters. The van der Waals surface area contributed by atoms with Crippen molar-refractivity contribution >= 4 is 40.0 Å². The number of carbonyl (C=O) groups is 2. The highest BCUT2D eigenvalue weighted by Gasteiger charge is 2.31. The molecule has 4 rings (SSSR count). The average Bonchev–Trinajstić information content (AvgIpc) is 3.32. The molecule has 0 bridgehead atoms. The maximum absolute atomic E-state index is 12.6. The molecule has 166 valence electrons. The van der Waals surface area contributed by atoms with Crippen LogP contribution in [0.5, 0.6) is 0 Å². The minimum Gasteiger partial charge on any atom is -0.340 e. The van der Waals surface area contributed by atoms with Crippen molar-refractivity contribution in [2.24, 2.45) is 5.92 Å². The Morgan fingerprint density at radius 1 is 1.22 bits per heavy atom. The van der Waals surface area contributed by atoms with Crippen LogP contribution in [0.3, 0.4) is 0 Å². The summed E-state index contributed by atoms with van der Waals surface area (Å²) in [5.74, 6) is 1.21. The van der Waals surface area contributed by atoms with Crippen LogP contribution in [0.1, 0.15) is 63.0 Å². The molecular weight excluding hydrogens is 426 g/mol. The van der Waals surface area contributed by atoms with Gasteiger partial charge < -0.3 is 9.84 Å². The zero-order valence-electron chi connectivity index (χ0n) is 18.2. The predicted molar refractivity (Wildman–Crippen MR) is 122 cm³/mol. The first-order chi connectivity index (χ1) is 15.4. The highest BCUT2D eigenvalue weighted by Crippen LogP contribution is 2.38. The summed E-state index contributed by atoms with van der Waals surface area (Å²) in [5.41, 5.74) is 1.34. The highest BCUT2D eigenvalue weighted by molar-refractivity contribution is 7.14. The molecule has 9 heteroatoms. The van der Waals surface area contributed by atoms with Crippen molar-refractivity contribution in [3.05, 3.63) is 59.2 Å². The van der Waals surface area contributed by atoms with Crippen molar-refractivity contribution < 1.29 is 14.1 Å². The number of carbonyl (C=O) groups excluding carboxylic acids is 2. The zero-order chi connectivity index (χ0) is 22.7. The molecule has 0 aliphatic heterocycles. The molecule has 1 aliphatic carbocycles. The van der Waals surface area contributed by atoms with Crippen LogP contribution >= 0.6 is 11.3 Å². The smallest absolute Gasteiger partial charge is 0.249 e. The van der Waals surface area contributed by atoms with Crippen LogP contribution in [0.2, 0.25) is 0 Å². The average molecular weight is 452 g/mol. The lowest BCUT2D eigenvalue weighted by molar-refractivity contribution is -0.118. The quantitative estimate of drug-likeness (QED) is 0.502. The van der Waals surface area contributed by atoms with Crippen LogP contribution in [0, 0.1) is 5.92 Å². The molecule has 8 nitrogen and oxygen atoms in total. The van der Waals surface area contributed by atoms with Gasteiger partial charge in [0, 0.05) is 24.3 Å². The van der Waals surface area contributed by atoms with Gasteiger partial charge in [-0.2, -0.15) is 4.98 Å². The molecule has 0 spiro atoms. The fourth-order valence-corrected chi connectivity index (χ4v) is 4.07. The lowest BCUT2D eigenvalue weighted by Crippen LogP contribution is -2.30. The monoisotopic (exact) mass is 451 g/mol. The SMILES string of the molecule is CC(=O)N(c1ccccc1)c1nc(/C=C/C(=O)NC(c2nc(C3CC3)no2)C(C)C)cs1. The van der Waals surface area contributed by atoms with E-state index in [0.717, 1.165) is 24.4 Å². The third kappa shape index (κ3) is 5.11. The van der Waals surface area contributed by atoms with Gasteiger partial charge in [0.15, 0.2) is 11.0 Å². The van der Waals surface area contributed by atoms with Gasteiger partial charge in [-0.1, -0.05) is 37.2 Å². The van der Waals surface area contributed by atoms with E-state index >= 15 is 0 Å². The number of hydrogen-bond acceptors (Lipinski definition) is 7. The molecule has 32 heavy (non-hydrogen) atoms. The van der Waals surface area contributed by atoms with E-state index in [4.69, 9.17) is 4.52 Å². The van der Waals surface area contributed by atoms with Gasteiger partial charge in [0.05, 0.1) is 11.4 Å². The number of amides is 2. The maximum atomic E-state index is 12.6. The first kappa shape index (κ1) is 21.9. The number of rotatable bonds is 8. The highest BCUT2D eigenvalue weighted by atomic mass is 32.1. The summed E-state index contributed by atoms with van der Waals surface area (Å²) in [4.78, 5) is 35.2. The van der Waals surface area contributed by atoms with Crippen LogP contribution in [0.4, 0.5) is 10.8 Å². The van der Waals surface area contributed by atoms with E-state index < -0.39 is 0 Å². The molecule has 1 N–H and O–H groups in total. The molecule has 0 radical (unpaired) electrons. The van der Waals surface area contributed by atoms with E-state index in [1.807, 2.05) is 44.2 Å². The number of para-hydroxylation sites is 1. The number of benzene rings is 1. The van der Waals surface area contributed by atoms with Crippen LogP contribution in [-0.2, 0) is 9.59 Å². The lowest BCUT2D eigenvalue weighted by Gasteiger charge is -2.17. The Labute approximate surface area is 190 Å². The molecule has 3 aromatic rings. The summed E-state index contributed by atoms with van der Waals surface area (Å²) in [6.45, 7) is 5.47. The molecule has 0 saturated heterocycles. The number of hydrogen-bond donors (Lipinski definition) is 1. The number of thiazole rings is 1. The van der Waals surface area contributed by atoms with Gasteiger partial charge in [-0.05, 0) is 37.0 Å². The summed E-state index contributed by atoms with van der Waals surface area (Å²) in [6.07, 6.45) is 5.22. The topological polar surface area (TPSA) is 101 Å². The number of aromatic nitrogens is 3. The fourth-order valence-electron chi connectivity index (χ4n) is 3.22. The molecular formula is C23H25N5O3S. The maximum Gasteiger partial charge on any atom is 0.249 e. The Hall–Kier alpha value is -3.33. The Morgan fingerprint density at radius 3 is 2.62 bits per heavy atom. The van der Waals surface area contributed by atoms with Crippen molar-refractivity contribution in [1.29, 1.82) is 0 Å². The van der Waals surface area contributed by atoms with Crippen LogP contribution < -0.4 is 10.2 Å². The van der Waals surface area contributed by atoms with E-state index in [0.29, 0.717) is 22.6 Å². The minimum atomic E-state index is -0.371. The number of nitrogens with zero attached hydrogens (tertiary/aromatic N) is 4. The van der Waals surface area contributed by atoms with Gasteiger partial charge in [-0.15, -0.1) is 11.3 Å². The first-order valence-corrected chi connectivity index (χ1v) is 11.4. The summed E-state index contributed by atoms with van der Waals surface area (Å²) in [6, 6.07) is 8.96. The van der Waals surface area contributed by atoms with Crippen molar-refractivity contribution in [3.63, 3.8) is 0 Å². The Bertz CT molecular complexity index is 1120. The largest absolute Gasteiger partial charge is 0.340 e. The van der Waals surface area contributed by atoms with Crippen LogP contribution in [-0.4, -0.2) is 26.9 Å². The number of anilines is 2. The molecule has 1 aromatic carbocycles. The van der Waals surface area contributed by atoms with Gasteiger partial charge in [0.1, 0.15) is 6.04 Å². The van der Waals surface area contributed by atoms with Crippen LogP contribution in [0.15, 0.2) is 46.3 Å². The van der Waals surface area contributed by atoms with Gasteiger partial charge in [-0.3, -0.25) is 14.5 Å². The van der Waals surface area contributed by atoms with Gasteiger partial charge in [0.25, 0.3) is 0 Å². The third-order valence-electron chi connectivity index (χ3n) is 5.07. The predicted octanol–water partition coefficient (Wildman–Crippen LogP) is 4.61. The van der Waals surface area contributed by atoms with E-state index in [1.54, 1.807) is 16.4 Å². The summed E-state index contributed by atoms with van der Waals surface area (Å²) >= 11 is 1.34. The Morgan fingerprint density at radius 2 is 1.97 bits per heavy atom. The zero-order valence-corrected chi connectivity index (χ0v) is 19.0. The van der Waals surface area contributed by atoms with E-state index in [9.17, 15) is 9.59 Å². The van der Waals surface area contributed by atoms with Crippen molar-refractivity contribution in [1.82, 2.24) is 20.4 Å². The second-order valence-electron chi connectivity index (χ2n) is 8.07. The molecule has 2 heterocycles. The van der Waals surface area contributed by atoms with E-state index in [1.165, 1.54) is 24.3 Å². The second-order valence-corrected chi connectivity index (χ2v) is 8.91. The fraction of sp³-hybridized carbons (Fsp3) is 0.348. The molecule has 1 atom stereocenters. The first-order valence-electron chi connectivity index (χ1n) is 10.6. The Balaban J connectivity index is 1.44. The van der Waals surface area contributed by atoms with Crippen molar-refractivity contribution in [2.75, 3.05) is 4.90 Å². The molecule has 1 aliphatic rings. The molecule has 2 amide bonds. The van der Waals surface area contributed by atoms with Crippen molar-refractivity contribution in [3.8, 4) is 0 Å². The standard InChI is InChI=1S/C23H25N5O3S/c1-14(2)20(22-26-21(27-31-22)16-9-10-16)25-19(30)12-11-17-13-32-23(24-17)28(15(3)29)18-7-5-4-6-8-18/h4-8,11-14,16,20H,9-10H2,1-3H3,(H,25,30)/b12-11+. The lowest BCUT2D eigenvalue weighted by atomic mass is 10.0. The molecule has 1 fully saturated rings. The van der Waals surface area contributed by atoms with Gasteiger partial charge in [0.2, 0.25) is 17.7 Å². The molecule has 1 saturated carbocycles. The summed E-state index contributed by atoms with van der Waals surface area (Å²) in [5, 5.41) is 9.33. The summed E-state index contributed by atoms with van der Waals surface area (Å²) < 4.78 is 5.40. The summed E-state index contributed by atoms with van der Waals surface area (Å²) in [7, 11) is 0. The normalized spacial score (nSPS) is 14.6. The van der Waals surface area contributed by atoms with E-state index in [2.05, 4.69) is 20.4 Å². The molecule has 2 aromatic heterocycles.